The van der Waals surface area contributed by atoms with Crippen LogP contribution in [0.5, 0.6) is 5.75 Å². The molecule has 4 aromatic carbocycles. The van der Waals surface area contributed by atoms with Gasteiger partial charge in [0.1, 0.15) is 5.75 Å². The van der Waals surface area contributed by atoms with E-state index in [1.54, 1.807) is 31.2 Å². The molecule has 0 aliphatic rings. The van der Waals surface area contributed by atoms with Gasteiger partial charge in [0.2, 0.25) is 11.8 Å². The SMILES string of the molecule is COc1ccc(CCC(=O)N(C)Cc2ccccc2)c(Nc2nc3ccc(CNC(=O)CCc4ccccc4)c(C)c3c(=O)o2)c1. The number of nitrogens with one attached hydrogen (secondary N) is 2. The number of rotatable bonds is 13. The summed E-state index contributed by atoms with van der Waals surface area (Å²) in [7, 11) is 3.37. The van der Waals surface area contributed by atoms with E-state index in [4.69, 9.17) is 9.15 Å². The molecular formula is C37H38N4O5. The molecule has 1 heterocycles. The van der Waals surface area contributed by atoms with E-state index in [-0.39, 0.29) is 17.8 Å². The van der Waals surface area contributed by atoms with E-state index in [2.05, 4.69) is 15.6 Å². The second kappa shape index (κ2) is 15.0. The van der Waals surface area contributed by atoms with E-state index in [0.717, 1.165) is 22.3 Å². The summed E-state index contributed by atoms with van der Waals surface area (Å²) >= 11 is 0. The minimum atomic E-state index is -0.538. The van der Waals surface area contributed by atoms with E-state index in [0.29, 0.717) is 66.7 Å². The molecule has 0 saturated carbocycles. The second-order valence-corrected chi connectivity index (χ2v) is 11.2. The molecule has 0 aliphatic heterocycles. The van der Waals surface area contributed by atoms with Gasteiger partial charge >= 0.3 is 11.6 Å². The van der Waals surface area contributed by atoms with Crippen LogP contribution in [-0.2, 0) is 35.5 Å². The number of nitrogens with zero attached hydrogens (tertiary/aromatic N) is 2. The highest BCUT2D eigenvalue weighted by Crippen LogP contribution is 2.28. The molecule has 0 unspecified atom stereocenters. The maximum absolute atomic E-state index is 13.2. The molecule has 46 heavy (non-hydrogen) atoms. The zero-order valence-corrected chi connectivity index (χ0v) is 26.3. The number of benzene rings is 4. The zero-order valence-electron chi connectivity index (χ0n) is 26.3. The number of methoxy groups -OCH3 is 1. The van der Waals surface area contributed by atoms with Crippen molar-refractivity contribution in [2.75, 3.05) is 19.5 Å². The van der Waals surface area contributed by atoms with Gasteiger partial charge in [0.05, 0.1) is 18.0 Å². The van der Waals surface area contributed by atoms with Gasteiger partial charge in [0.15, 0.2) is 0 Å². The summed E-state index contributed by atoms with van der Waals surface area (Å²) < 4.78 is 11.0. The highest BCUT2D eigenvalue weighted by Gasteiger charge is 2.16. The maximum Gasteiger partial charge on any atom is 0.348 e. The van der Waals surface area contributed by atoms with Crippen molar-refractivity contribution in [2.24, 2.45) is 0 Å². The van der Waals surface area contributed by atoms with Crippen LogP contribution in [0.3, 0.4) is 0 Å². The molecule has 2 N–H and O–H groups in total. The minimum absolute atomic E-state index is 0.0136. The number of aromatic nitrogens is 1. The molecule has 0 spiro atoms. The van der Waals surface area contributed by atoms with Crippen molar-refractivity contribution < 1.29 is 18.7 Å². The van der Waals surface area contributed by atoms with Gasteiger partial charge in [-0.15, -0.1) is 0 Å². The van der Waals surface area contributed by atoms with E-state index < -0.39 is 5.63 Å². The third kappa shape index (κ3) is 8.18. The largest absolute Gasteiger partial charge is 0.497 e. The normalized spacial score (nSPS) is 10.8. The summed E-state index contributed by atoms with van der Waals surface area (Å²) in [5.74, 6) is 0.555. The van der Waals surface area contributed by atoms with Crippen molar-refractivity contribution >= 4 is 34.4 Å². The topological polar surface area (TPSA) is 114 Å². The van der Waals surface area contributed by atoms with Gasteiger partial charge in [-0.25, -0.2) is 4.79 Å². The molecule has 0 fully saturated rings. The standard InChI is InChI=1S/C37H38N4O5/c1-25-29(23-38-33(42)20-14-26-10-6-4-7-11-26)16-19-31-35(25)36(44)46-37(39-31)40-32-22-30(45-3)18-15-28(32)17-21-34(43)41(2)24-27-12-8-5-9-13-27/h4-13,15-16,18-19,22H,14,17,20-21,23-24H2,1-3H3,(H,38,42)(H,39,40). The average Bonchev–Trinajstić information content (AvgIpc) is 3.07. The number of carbonyl (C=O) groups excluding carboxylic acids is 2. The Morgan fingerprint density at radius 3 is 2.28 bits per heavy atom. The summed E-state index contributed by atoms with van der Waals surface area (Å²) in [6.07, 6.45) is 1.79. The Balaban J connectivity index is 1.27. The number of fused-ring (bicyclic) bond motifs is 1. The fourth-order valence-corrected chi connectivity index (χ4v) is 5.30. The molecule has 0 saturated heterocycles. The zero-order chi connectivity index (χ0) is 32.5. The van der Waals surface area contributed by atoms with Crippen molar-refractivity contribution in [1.29, 1.82) is 0 Å². The summed E-state index contributed by atoms with van der Waals surface area (Å²) in [4.78, 5) is 44.9. The van der Waals surface area contributed by atoms with Crippen LogP contribution in [0, 0.1) is 6.92 Å². The van der Waals surface area contributed by atoms with Crippen LogP contribution < -0.4 is 21.0 Å². The first kappa shape index (κ1) is 32.0. The molecule has 9 nitrogen and oxygen atoms in total. The van der Waals surface area contributed by atoms with E-state index in [1.165, 1.54) is 0 Å². The fourth-order valence-electron chi connectivity index (χ4n) is 5.30. The molecule has 0 atom stereocenters. The van der Waals surface area contributed by atoms with Crippen LogP contribution in [0.2, 0.25) is 0 Å². The summed E-state index contributed by atoms with van der Waals surface area (Å²) in [5, 5.41) is 6.45. The lowest BCUT2D eigenvalue weighted by molar-refractivity contribution is -0.130. The number of hydrogen-bond donors (Lipinski definition) is 2. The third-order valence-electron chi connectivity index (χ3n) is 7.99. The first-order valence-corrected chi connectivity index (χ1v) is 15.3. The fraction of sp³-hybridized carbons (Fsp3) is 0.243. The molecule has 0 radical (unpaired) electrons. The highest BCUT2D eigenvalue weighted by atomic mass is 16.5. The number of carbonyl (C=O) groups is 2. The lowest BCUT2D eigenvalue weighted by Gasteiger charge is -2.18. The van der Waals surface area contributed by atoms with Crippen LogP contribution in [-0.4, -0.2) is 35.9 Å². The smallest absolute Gasteiger partial charge is 0.348 e. The third-order valence-corrected chi connectivity index (χ3v) is 7.99. The first-order chi connectivity index (χ1) is 22.3. The molecular weight excluding hydrogens is 580 g/mol. The number of anilines is 2. The van der Waals surface area contributed by atoms with Crippen LogP contribution >= 0.6 is 0 Å². The maximum atomic E-state index is 13.2. The molecule has 1 aromatic heterocycles. The van der Waals surface area contributed by atoms with Crippen molar-refractivity contribution in [3.05, 3.63) is 129 Å². The Morgan fingerprint density at radius 2 is 1.57 bits per heavy atom. The number of amides is 2. The van der Waals surface area contributed by atoms with Gasteiger partial charge in [-0.2, -0.15) is 4.98 Å². The van der Waals surface area contributed by atoms with Crippen molar-refractivity contribution in [2.45, 2.75) is 45.7 Å². The van der Waals surface area contributed by atoms with Crippen molar-refractivity contribution in [1.82, 2.24) is 15.2 Å². The second-order valence-electron chi connectivity index (χ2n) is 11.2. The predicted molar refractivity (Wildman–Crippen MR) is 179 cm³/mol. The van der Waals surface area contributed by atoms with Crippen LogP contribution in [0.4, 0.5) is 11.7 Å². The van der Waals surface area contributed by atoms with Crippen LogP contribution in [0.15, 0.2) is 100 Å². The van der Waals surface area contributed by atoms with Gasteiger partial charge in [0, 0.05) is 44.7 Å². The van der Waals surface area contributed by atoms with Gasteiger partial charge < -0.3 is 24.7 Å². The average molecular weight is 619 g/mol. The van der Waals surface area contributed by atoms with Crippen molar-refractivity contribution in [3.63, 3.8) is 0 Å². The Morgan fingerprint density at radius 1 is 0.870 bits per heavy atom. The highest BCUT2D eigenvalue weighted by molar-refractivity contribution is 5.83. The van der Waals surface area contributed by atoms with Gasteiger partial charge in [-0.05, 0) is 59.7 Å². The van der Waals surface area contributed by atoms with E-state index in [9.17, 15) is 14.4 Å². The summed E-state index contributed by atoms with van der Waals surface area (Å²) in [6, 6.07) is 28.9. The number of aryl methyl sites for hydroxylation is 3. The van der Waals surface area contributed by atoms with E-state index in [1.807, 2.05) is 85.8 Å². The quantitative estimate of drug-likeness (QED) is 0.164. The molecule has 5 aromatic rings. The van der Waals surface area contributed by atoms with Crippen LogP contribution in [0.25, 0.3) is 10.9 Å². The molecule has 236 valence electrons. The van der Waals surface area contributed by atoms with Gasteiger partial charge in [-0.3, -0.25) is 9.59 Å². The summed E-state index contributed by atoms with van der Waals surface area (Å²) in [5.41, 5.74) is 5.09. The molecule has 2 amide bonds. The number of ether oxygens (including phenoxy) is 1. The Labute approximate surface area is 268 Å². The van der Waals surface area contributed by atoms with E-state index >= 15 is 0 Å². The molecule has 0 aliphatic carbocycles. The Bertz CT molecular complexity index is 1870. The summed E-state index contributed by atoms with van der Waals surface area (Å²) in [6.45, 7) is 2.65. The molecule has 0 bridgehead atoms. The Kier molecular flexibility index (Phi) is 10.4. The predicted octanol–water partition coefficient (Wildman–Crippen LogP) is 6.09. The lowest BCUT2D eigenvalue weighted by Crippen LogP contribution is -2.26. The monoisotopic (exact) mass is 618 g/mol. The molecule has 5 rings (SSSR count). The number of hydrogen-bond acceptors (Lipinski definition) is 7. The van der Waals surface area contributed by atoms with Gasteiger partial charge in [0.25, 0.3) is 0 Å². The minimum Gasteiger partial charge on any atom is -0.497 e. The Hall–Kier alpha value is -5.44. The van der Waals surface area contributed by atoms with Crippen molar-refractivity contribution in [3.8, 4) is 5.75 Å². The molecule has 9 heteroatoms. The van der Waals surface area contributed by atoms with Gasteiger partial charge in [-0.1, -0.05) is 72.8 Å². The first-order valence-electron chi connectivity index (χ1n) is 15.3. The van der Waals surface area contributed by atoms with Crippen LogP contribution in [0.1, 0.15) is 40.7 Å². The lowest BCUT2D eigenvalue weighted by atomic mass is 10.0.